The maximum absolute atomic E-state index is 11.9. The second-order valence-corrected chi connectivity index (χ2v) is 8.48. The summed E-state index contributed by atoms with van der Waals surface area (Å²) in [4.78, 5) is 34.5. The minimum atomic E-state index is -0.345. The van der Waals surface area contributed by atoms with Crippen LogP contribution in [0.2, 0.25) is 0 Å². The van der Waals surface area contributed by atoms with Gasteiger partial charge >= 0.3 is 11.9 Å². The molecule has 0 spiro atoms. The number of hydrogen-bond acceptors (Lipinski definition) is 6. The van der Waals surface area contributed by atoms with Crippen molar-refractivity contribution in [3.63, 3.8) is 0 Å². The molecule has 0 fully saturated rings. The molecule has 4 aromatic rings. The van der Waals surface area contributed by atoms with E-state index >= 15 is 0 Å². The van der Waals surface area contributed by atoms with E-state index in [0.717, 1.165) is 39.1 Å². The van der Waals surface area contributed by atoms with Crippen LogP contribution in [0.1, 0.15) is 38.8 Å². The lowest BCUT2D eigenvalue weighted by molar-refractivity contribution is -0.118. The van der Waals surface area contributed by atoms with Gasteiger partial charge in [-0.2, -0.15) is 0 Å². The van der Waals surface area contributed by atoms with Gasteiger partial charge in [0.1, 0.15) is 0 Å². The average Bonchev–Trinajstić information content (AvgIpc) is 2.91. The minimum Gasteiger partial charge on any atom is -0.465 e. The Morgan fingerprint density at radius 3 is 1.62 bits per heavy atom. The van der Waals surface area contributed by atoms with E-state index < -0.39 is 0 Å². The third-order valence-electron chi connectivity index (χ3n) is 5.87. The highest BCUT2D eigenvalue weighted by molar-refractivity contribution is 6.05. The predicted octanol–water partition coefficient (Wildman–Crippen LogP) is 4.43. The normalized spacial score (nSPS) is 10.4. The summed E-state index contributed by atoms with van der Waals surface area (Å²) in [6.45, 7) is 2.60. The fourth-order valence-corrected chi connectivity index (χ4v) is 4.14. The Hall–Kier alpha value is -4.23. The number of carbonyl (C=O) groups is 3. The van der Waals surface area contributed by atoms with Crippen LogP contribution in [0.25, 0.3) is 21.5 Å². The maximum Gasteiger partial charge on any atom is 0.338 e. The van der Waals surface area contributed by atoms with Crippen molar-refractivity contribution in [3.05, 3.63) is 95.1 Å². The maximum atomic E-state index is 11.9. The summed E-state index contributed by atoms with van der Waals surface area (Å²) in [6.07, 6.45) is 1.43. The van der Waals surface area contributed by atoms with Crippen molar-refractivity contribution >= 4 is 39.4 Å². The smallest absolute Gasteiger partial charge is 0.338 e. The van der Waals surface area contributed by atoms with Crippen LogP contribution < -0.4 is 11.1 Å². The van der Waals surface area contributed by atoms with E-state index in [1.54, 1.807) is 0 Å². The summed E-state index contributed by atoms with van der Waals surface area (Å²) in [5.41, 5.74) is 8.77. The number of benzene rings is 4. The molecule has 0 aromatic heterocycles. The van der Waals surface area contributed by atoms with Crippen LogP contribution in [0.4, 0.5) is 0 Å². The van der Waals surface area contributed by atoms with Crippen LogP contribution in [0.15, 0.2) is 72.8 Å². The number of fused-ring (bicyclic) bond motifs is 2. The highest BCUT2D eigenvalue weighted by Gasteiger charge is 2.13. The zero-order valence-electron chi connectivity index (χ0n) is 21.4. The van der Waals surface area contributed by atoms with E-state index in [0.29, 0.717) is 30.6 Å². The number of nitrogens with two attached hydrogens (primary N) is 1. The van der Waals surface area contributed by atoms with Gasteiger partial charge in [-0.05, 0) is 64.2 Å². The first-order chi connectivity index (χ1) is 17.9. The van der Waals surface area contributed by atoms with E-state index in [2.05, 4.69) is 11.4 Å². The monoisotopic (exact) mass is 500 g/mol. The highest BCUT2D eigenvalue weighted by Crippen LogP contribution is 2.23. The SMILES string of the molecule is COC(=O)c1cc(CCN)cc2ccccc12.COC(=O)c1cc(CCNC(C)=O)cc2ccccc12. The van der Waals surface area contributed by atoms with Crippen molar-refractivity contribution in [2.24, 2.45) is 5.73 Å². The van der Waals surface area contributed by atoms with Gasteiger partial charge in [-0.15, -0.1) is 0 Å². The average molecular weight is 501 g/mol. The number of ether oxygens (including phenoxy) is 2. The van der Waals surface area contributed by atoms with Crippen LogP contribution in [0, 0.1) is 0 Å². The quantitative estimate of drug-likeness (QED) is 0.364. The van der Waals surface area contributed by atoms with Crippen LogP contribution in [-0.2, 0) is 27.1 Å². The second-order valence-electron chi connectivity index (χ2n) is 8.48. The lowest BCUT2D eigenvalue weighted by Crippen LogP contribution is -2.22. The molecule has 7 heteroatoms. The van der Waals surface area contributed by atoms with E-state index in [9.17, 15) is 14.4 Å². The predicted molar refractivity (Wildman–Crippen MR) is 146 cm³/mol. The van der Waals surface area contributed by atoms with Crippen LogP contribution in [-0.4, -0.2) is 45.2 Å². The molecule has 0 aliphatic heterocycles. The zero-order valence-corrected chi connectivity index (χ0v) is 21.4. The first-order valence-corrected chi connectivity index (χ1v) is 12.0. The van der Waals surface area contributed by atoms with Gasteiger partial charge in [-0.1, -0.05) is 60.7 Å². The van der Waals surface area contributed by atoms with Crippen molar-refractivity contribution in [1.29, 1.82) is 0 Å². The first-order valence-electron chi connectivity index (χ1n) is 12.0. The lowest BCUT2D eigenvalue weighted by atomic mass is 9.99. The molecule has 7 nitrogen and oxygen atoms in total. The Kier molecular flexibility index (Phi) is 9.75. The molecular weight excluding hydrogens is 468 g/mol. The molecule has 0 atom stereocenters. The molecule has 4 aromatic carbocycles. The van der Waals surface area contributed by atoms with Crippen molar-refractivity contribution in [2.45, 2.75) is 19.8 Å². The van der Waals surface area contributed by atoms with Gasteiger partial charge in [0.15, 0.2) is 0 Å². The molecule has 0 heterocycles. The molecule has 0 bridgehead atoms. The summed E-state index contributed by atoms with van der Waals surface area (Å²) >= 11 is 0. The van der Waals surface area contributed by atoms with Gasteiger partial charge in [0.25, 0.3) is 0 Å². The number of hydrogen-bond donors (Lipinski definition) is 2. The lowest BCUT2D eigenvalue weighted by Gasteiger charge is -2.09. The summed E-state index contributed by atoms with van der Waals surface area (Å²) in [6, 6.07) is 23.3. The molecule has 0 saturated heterocycles. The Bertz CT molecular complexity index is 1410. The van der Waals surface area contributed by atoms with E-state index in [4.69, 9.17) is 15.2 Å². The van der Waals surface area contributed by atoms with Crippen molar-refractivity contribution < 1.29 is 23.9 Å². The molecule has 3 N–H and O–H groups in total. The van der Waals surface area contributed by atoms with Crippen molar-refractivity contribution in [2.75, 3.05) is 27.3 Å². The highest BCUT2D eigenvalue weighted by atomic mass is 16.5. The Balaban J connectivity index is 0.000000208. The van der Waals surface area contributed by atoms with Crippen LogP contribution >= 0.6 is 0 Å². The second kappa shape index (κ2) is 13.2. The molecule has 0 saturated carbocycles. The Morgan fingerprint density at radius 1 is 0.730 bits per heavy atom. The van der Waals surface area contributed by atoms with Gasteiger partial charge in [0.2, 0.25) is 5.91 Å². The molecule has 0 unspecified atom stereocenters. The zero-order chi connectivity index (χ0) is 26.8. The number of esters is 2. The third kappa shape index (κ3) is 7.15. The first kappa shape index (κ1) is 27.4. The summed E-state index contributed by atoms with van der Waals surface area (Å²) < 4.78 is 9.64. The molecule has 37 heavy (non-hydrogen) atoms. The van der Waals surface area contributed by atoms with Gasteiger partial charge in [0, 0.05) is 13.5 Å². The van der Waals surface area contributed by atoms with Gasteiger partial charge in [0.05, 0.1) is 25.3 Å². The Morgan fingerprint density at radius 2 is 1.19 bits per heavy atom. The Labute approximate surface area is 216 Å². The van der Waals surface area contributed by atoms with Crippen molar-refractivity contribution in [3.8, 4) is 0 Å². The molecule has 0 aliphatic rings. The molecule has 0 aliphatic carbocycles. The van der Waals surface area contributed by atoms with Gasteiger partial charge in [-0.25, -0.2) is 9.59 Å². The summed E-state index contributed by atoms with van der Waals surface area (Å²) in [5.74, 6) is -0.707. The molecule has 0 radical (unpaired) electrons. The largest absolute Gasteiger partial charge is 0.465 e. The fourth-order valence-electron chi connectivity index (χ4n) is 4.14. The van der Waals surface area contributed by atoms with Gasteiger partial charge in [-0.3, -0.25) is 4.79 Å². The van der Waals surface area contributed by atoms with Crippen LogP contribution in [0.5, 0.6) is 0 Å². The van der Waals surface area contributed by atoms with Gasteiger partial charge < -0.3 is 20.5 Å². The fraction of sp³-hybridized carbons (Fsp3) is 0.233. The molecule has 1 amide bonds. The standard InChI is InChI=1S/C16H17NO3.C14H15NO2/c1-11(18)17-8-7-12-9-13-5-3-4-6-14(13)15(10-12)16(19)20-2;1-17-14(16)13-9-10(6-7-15)8-11-4-2-3-5-12(11)13/h3-6,9-10H,7-8H2,1-2H3,(H,17,18);2-5,8-9H,6-7,15H2,1H3. The minimum absolute atomic E-state index is 0.0565. The van der Waals surface area contributed by atoms with E-state index in [-0.39, 0.29) is 17.8 Å². The molecular formula is C30H32N2O5. The van der Waals surface area contributed by atoms with Crippen molar-refractivity contribution in [1.82, 2.24) is 5.32 Å². The number of amides is 1. The summed E-state index contributed by atoms with van der Waals surface area (Å²) in [7, 11) is 2.77. The van der Waals surface area contributed by atoms with E-state index in [1.807, 2.05) is 66.7 Å². The number of nitrogens with one attached hydrogen (secondary N) is 1. The number of rotatable bonds is 7. The molecule has 192 valence electrons. The number of methoxy groups -OCH3 is 2. The molecule has 4 rings (SSSR count). The topological polar surface area (TPSA) is 108 Å². The van der Waals surface area contributed by atoms with E-state index in [1.165, 1.54) is 21.1 Å². The third-order valence-corrected chi connectivity index (χ3v) is 5.87. The van der Waals surface area contributed by atoms with Crippen LogP contribution in [0.3, 0.4) is 0 Å². The summed E-state index contributed by atoms with van der Waals surface area (Å²) in [5, 5.41) is 6.58. The number of carbonyl (C=O) groups excluding carboxylic acids is 3.